The number of hydrogen-bond acceptors (Lipinski definition) is 4. The monoisotopic (exact) mass is 355 g/mol. The molecule has 3 rings (SSSR count). The number of carbonyl (C=O) groups excluding carboxylic acids is 1. The Labute approximate surface area is 150 Å². The minimum absolute atomic E-state index is 0.179. The molecule has 0 saturated heterocycles. The van der Waals surface area contributed by atoms with Crippen LogP contribution in [0, 0.1) is 6.92 Å². The molecule has 0 radical (unpaired) electrons. The molecule has 25 heavy (non-hydrogen) atoms. The van der Waals surface area contributed by atoms with Crippen LogP contribution in [-0.2, 0) is 13.0 Å². The Morgan fingerprint density at radius 3 is 2.60 bits per heavy atom. The van der Waals surface area contributed by atoms with Gasteiger partial charge in [0, 0.05) is 17.0 Å². The van der Waals surface area contributed by atoms with Gasteiger partial charge >= 0.3 is 0 Å². The average molecular weight is 356 g/mol. The van der Waals surface area contributed by atoms with Gasteiger partial charge in [-0.05, 0) is 42.3 Å². The summed E-state index contributed by atoms with van der Waals surface area (Å²) < 4.78 is 11.3. The van der Waals surface area contributed by atoms with Crippen LogP contribution in [0.3, 0.4) is 0 Å². The maximum absolute atomic E-state index is 10.9. The third-order valence-corrected chi connectivity index (χ3v) is 4.07. The van der Waals surface area contributed by atoms with Crippen molar-refractivity contribution in [1.82, 2.24) is 0 Å². The number of carbonyl (C=O) groups is 1. The zero-order valence-corrected chi connectivity index (χ0v) is 14.4. The van der Waals surface area contributed by atoms with E-state index in [4.69, 9.17) is 20.8 Å². The molecule has 0 aliphatic rings. The van der Waals surface area contributed by atoms with Crippen molar-refractivity contribution in [2.45, 2.75) is 20.0 Å². The topological polar surface area (TPSA) is 62.5 Å². The van der Waals surface area contributed by atoms with E-state index in [2.05, 4.69) is 0 Å². The van der Waals surface area contributed by atoms with Crippen LogP contribution >= 0.6 is 11.6 Å². The molecule has 0 aliphatic heterocycles. The molecular weight excluding hydrogens is 340 g/mol. The van der Waals surface area contributed by atoms with Gasteiger partial charge in [0.25, 0.3) is 0 Å². The number of aromatic carboxylic acids is 1. The summed E-state index contributed by atoms with van der Waals surface area (Å²) in [4.78, 5) is 10.9. The highest BCUT2D eigenvalue weighted by molar-refractivity contribution is 6.30. The lowest BCUT2D eigenvalue weighted by Gasteiger charge is -2.12. The van der Waals surface area contributed by atoms with E-state index in [0.717, 1.165) is 16.7 Å². The summed E-state index contributed by atoms with van der Waals surface area (Å²) in [6.45, 7) is 2.22. The first-order valence-corrected chi connectivity index (χ1v) is 8.16. The van der Waals surface area contributed by atoms with E-state index in [1.807, 2.05) is 30.3 Å². The predicted molar refractivity (Wildman–Crippen MR) is 92.8 cm³/mol. The SMILES string of the molecule is Cc1cc(C(=O)[O-])oc1Cc1cc(Cl)ccc1OCc1ccccc1. The Bertz CT molecular complexity index is 884. The second kappa shape index (κ2) is 7.45. The summed E-state index contributed by atoms with van der Waals surface area (Å²) in [6.07, 6.45) is 0.379. The van der Waals surface area contributed by atoms with Crippen LogP contribution in [0.5, 0.6) is 5.75 Å². The minimum Gasteiger partial charge on any atom is -0.542 e. The highest BCUT2D eigenvalue weighted by Gasteiger charge is 2.13. The summed E-state index contributed by atoms with van der Waals surface area (Å²) in [5, 5.41) is 11.5. The molecule has 2 aromatic carbocycles. The van der Waals surface area contributed by atoms with Gasteiger partial charge in [0.2, 0.25) is 0 Å². The molecule has 0 N–H and O–H groups in total. The highest BCUT2D eigenvalue weighted by atomic mass is 35.5. The van der Waals surface area contributed by atoms with Crippen molar-refractivity contribution in [3.05, 3.63) is 87.8 Å². The molecule has 0 aliphatic carbocycles. The summed E-state index contributed by atoms with van der Waals surface area (Å²) in [6, 6.07) is 16.6. The molecule has 0 atom stereocenters. The molecule has 3 aromatic rings. The van der Waals surface area contributed by atoms with Crippen LogP contribution in [0.25, 0.3) is 0 Å². The lowest BCUT2D eigenvalue weighted by atomic mass is 10.1. The molecular formula is C20H16ClO4-. The van der Waals surface area contributed by atoms with Gasteiger partial charge in [-0.15, -0.1) is 0 Å². The summed E-state index contributed by atoms with van der Waals surface area (Å²) in [7, 11) is 0. The number of carboxylic acids is 1. The van der Waals surface area contributed by atoms with E-state index in [0.29, 0.717) is 29.6 Å². The highest BCUT2D eigenvalue weighted by Crippen LogP contribution is 2.28. The lowest BCUT2D eigenvalue weighted by molar-refractivity contribution is -0.257. The second-order valence-corrected chi connectivity index (χ2v) is 6.14. The summed E-state index contributed by atoms with van der Waals surface area (Å²) in [5.41, 5.74) is 2.62. The van der Waals surface area contributed by atoms with Gasteiger partial charge in [-0.2, -0.15) is 0 Å². The minimum atomic E-state index is -1.33. The van der Waals surface area contributed by atoms with Crippen LogP contribution in [0.4, 0.5) is 0 Å². The Hall–Kier alpha value is -2.72. The van der Waals surface area contributed by atoms with Crippen molar-refractivity contribution in [3.8, 4) is 5.75 Å². The van der Waals surface area contributed by atoms with E-state index in [-0.39, 0.29) is 5.76 Å². The molecule has 128 valence electrons. The molecule has 1 aromatic heterocycles. The average Bonchev–Trinajstić information content (AvgIpc) is 2.96. The molecule has 5 heteroatoms. The molecule has 0 amide bonds. The first-order valence-electron chi connectivity index (χ1n) is 7.79. The number of hydrogen-bond donors (Lipinski definition) is 0. The number of aryl methyl sites for hydroxylation is 1. The zero-order valence-electron chi connectivity index (χ0n) is 13.6. The molecule has 0 bridgehead atoms. The van der Waals surface area contributed by atoms with Crippen molar-refractivity contribution in [2.75, 3.05) is 0 Å². The van der Waals surface area contributed by atoms with Crippen molar-refractivity contribution in [2.24, 2.45) is 0 Å². The molecule has 4 nitrogen and oxygen atoms in total. The number of ether oxygens (including phenoxy) is 1. The third kappa shape index (κ3) is 4.22. The van der Waals surface area contributed by atoms with Crippen LogP contribution < -0.4 is 9.84 Å². The Morgan fingerprint density at radius 1 is 1.16 bits per heavy atom. The maximum Gasteiger partial charge on any atom is 0.150 e. The first kappa shape index (κ1) is 17.1. The zero-order chi connectivity index (χ0) is 17.8. The smallest absolute Gasteiger partial charge is 0.150 e. The van der Waals surface area contributed by atoms with Gasteiger partial charge < -0.3 is 19.1 Å². The maximum atomic E-state index is 10.9. The number of rotatable bonds is 6. The lowest BCUT2D eigenvalue weighted by Crippen LogP contribution is -2.21. The van der Waals surface area contributed by atoms with Crippen LogP contribution in [-0.4, -0.2) is 5.97 Å². The van der Waals surface area contributed by atoms with Gasteiger partial charge in [-0.1, -0.05) is 41.9 Å². The van der Waals surface area contributed by atoms with Gasteiger partial charge in [0.1, 0.15) is 29.8 Å². The standard InChI is InChI=1S/C20H17ClO4/c1-13-9-19(20(22)23)25-18(13)11-15-10-16(21)7-8-17(15)24-12-14-5-3-2-4-6-14/h2-10H,11-12H2,1H3,(H,22,23)/p-1. The Balaban J connectivity index is 1.83. The molecule has 1 heterocycles. The number of carboxylic acid groups (broad SMARTS) is 1. The van der Waals surface area contributed by atoms with Crippen molar-refractivity contribution in [3.63, 3.8) is 0 Å². The predicted octanol–water partition coefficient (Wildman–Crippen LogP) is 3.77. The van der Waals surface area contributed by atoms with Gasteiger partial charge in [0.15, 0.2) is 0 Å². The fourth-order valence-corrected chi connectivity index (χ4v) is 2.73. The fourth-order valence-electron chi connectivity index (χ4n) is 2.53. The first-order chi connectivity index (χ1) is 12.0. The largest absolute Gasteiger partial charge is 0.542 e. The van der Waals surface area contributed by atoms with E-state index in [1.165, 1.54) is 6.07 Å². The molecule has 0 unspecified atom stereocenters. The molecule has 0 saturated carbocycles. The van der Waals surface area contributed by atoms with Crippen molar-refractivity contribution in [1.29, 1.82) is 0 Å². The number of halogens is 1. The number of furan rings is 1. The molecule has 0 fully saturated rings. The normalized spacial score (nSPS) is 10.6. The van der Waals surface area contributed by atoms with Crippen LogP contribution in [0.1, 0.15) is 33.0 Å². The Kier molecular flexibility index (Phi) is 5.10. The summed E-state index contributed by atoms with van der Waals surface area (Å²) in [5.74, 6) is -0.285. The van der Waals surface area contributed by atoms with Gasteiger partial charge in [-0.25, -0.2) is 0 Å². The fraction of sp³-hybridized carbons (Fsp3) is 0.150. The second-order valence-electron chi connectivity index (χ2n) is 5.71. The Morgan fingerprint density at radius 2 is 1.92 bits per heavy atom. The molecule has 0 spiro atoms. The van der Waals surface area contributed by atoms with Crippen molar-refractivity contribution >= 4 is 17.6 Å². The van der Waals surface area contributed by atoms with E-state index >= 15 is 0 Å². The van der Waals surface area contributed by atoms with Gasteiger partial charge in [0.05, 0.1) is 0 Å². The summed E-state index contributed by atoms with van der Waals surface area (Å²) >= 11 is 6.11. The van der Waals surface area contributed by atoms with Crippen LogP contribution in [0.15, 0.2) is 59.0 Å². The van der Waals surface area contributed by atoms with Crippen LogP contribution in [0.2, 0.25) is 5.02 Å². The van der Waals surface area contributed by atoms with E-state index in [1.54, 1.807) is 25.1 Å². The van der Waals surface area contributed by atoms with E-state index in [9.17, 15) is 9.90 Å². The van der Waals surface area contributed by atoms with E-state index < -0.39 is 5.97 Å². The van der Waals surface area contributed by atoms with Crippen molar-refractivity contribution < 1.29 is 19.1 Å². The number of benzene rings is 2. The van der Waals surface area contributed by atoms with Gasteiger partial charge in [-0.3, -0.25) is 0 Å². The third-order valence-electron chi connectivity index (χ3n) is 3.83. The quantitative estimate of drug-likeness (QED) is 0.675.